The number of nitrogens with zero attached hydrogens (tertiary/aromatic N) is 1. The fourth-order valence-corrected chi connectivity index (χ4v) is 4.10. The number of anilines is 2. The molecule has 3 amide bonds. The molecule has 1 aliphatic rings. The van der Waals surface area contributed by atoms with Gasteiger partial charge in [0.05, 0.1) is 12.8 Å². The van der Waals surface area contributed by atoms with Crippen LogP contribution in [0.15, 0.2) is 42.5 Å². The minimum absolute atomic E-state index is 0.0202. The molecule has 0 radical (unpaired) electrons. The molecule has 176 valence electrons. The van der Waals surface area contributed by atoms with Crippen molar-refractivity contribution in [1.82, 2.24) is 4.90 Å². The van der Waals surface area contributed by atoms with Crippen molar-refractivity contribution in [3.8, 4) is 11.5 Å². The Kier molecular flexibility index (Phi) is 7.92. The number of hydrogen-bond donors (Lipinski definition) is 2. The second-order valence-electron chi connectivity index (χ2n) is 8.29. The number of hydrogen-bond acceptors (Lipinski definition) is 5. The smallest absolute Gasteiger partial charge is 0.260 e. The first kappa shape index (κ1) is 24.1. The molecule has 2 aromatic carbocycles. The molecule has 8 heteroatoms. The van der Waals surface area contributed by atoms with Crippen molar-refractivity contribution >= 4 is 29.1 Å². The lowest BCUT2D eigenvalue weighted by atomic mass is 9.97. The van der Waals surface area contributed by atoms with Crippen LogP contribution in [0.25, 0.3) is 0 Å². The molecule has 1 saturated heterocycles. The summed E-state index contributed by atoms with van der Waals surface area (Å²) >= 11 is 0. The molecule has 2 N–H and O–H groups in total. The number of amides is 3. The van der Waals surface area contributed by atoms with Gasteiger partial charge in [-0.2, -0.15) is 0 Å². The summed E-state index contributed by atoms with van der Waals surface area (Å²) in [5.74, 6) is 0.428. The molecule has 0 bridgehead atoms. The second kappa shape index (κ2) is 10.8. The van der Waals surface area contributed by atoms with Crippen LogP contribution >= 0.6 is 0 Å². The molecule has 2 aromatic rings. The van der Waals surface area contributed by atoms with E-state index in [2.05, 4.69) is 24.5 Å². The van der Waals surface area contributed by atoms with E-state index in [-0.39, 0.29) is 36.4 Å². The van der Waals surface area contributed by atoms with E-state index in [1.807, 2.05) is 4.90 Å². The highest BCUT2D eigenvalue weighted by Crippen LogP contribution is 2.28. The maximum atomic E-state index is 12.6. The van der Waals surface area contributed by atoms with Crippen molar-refractivity contribution in [3.05, 3.63) is 48.0 Å². The average molecular weight is 454 g/mol. The van der Waals surface area contributed by atoms with Crippen molar-refractivity contribution in [3.63, 3.8) is 0 Å². The Bertz CT molecular complexity index is 996. The zero-order chi connectivity index (χ0) is 24.0. The van der Waals surface area contributed by atoms with Gasteiger partial charge < -0.3 is 25.0 Å². The first-order valence-electron chi connectivity index (χ1n) is 11.1. The summed E-state index contributed by atoms with van der Waals surface area (Å²) in [5, 5.41) is 5.47. The fraction of sp³-hybridized carbons (Fsp3) is 0.400. The molecular formula is C25H31N3O5. The van der Waals surface area contributed by atoms with Gasteiger partial charge in [0.25, 0.3) is 11.8 Å². The van der Waals surface area contributed by atoms with Crippen LogP contribution in [0.2, 0.25) is 0 Å². The summed E-state index contributed by atoms with van der Waals surface area (Å²) in [6.07, 6.45) is 3.17. The van der Waals surface area contributed by atoms with Gasteiger partial charge in [-0.3, -0.25) is 14.4 Å². The van der Waals surface area contributed by atoms with Gasteiger partial charge in [0.2, 0.25) is 5.91 Å². The molecule has 1 fully saturated rings. The Morgan fingerprint density at radius 3 is 2.27 bits per heavy atom. The topological polar surface area (TPSA) is 97.0 Å². The highest BCUT2D eigenvalue weighted by atomic mass is 16.5. The van der Waals surface area contributed by atoms with Gasteiger partial charge >= 0.3 is 0 Å². The van der Waals surface area contributed by atoms with Gasteiger partial charge in [0.1, 0.15) is 11.5 Å². The normalized spacial score (nSPS) is 17.8. The van der Waals surface area contributed by atoms with E-state index in [0.717, 1.165) is 19.3 Å². The third-order valence-corrected chi connectivity index (χ3v) is 5.73. The Hall–Kier alpha value is -3.55. The van der Waals surface area contributed by atoms with Crippen LogP contribution in [0.1, 0.15) is 50.4 Å². The van der Waals surface area contributed by atoms with E-state index in [0.29, 0.717) is 28.4 Å². The zero-order valence-corrected chi connectivity index (χ0v) is 19.5. The lowest BCUT2D eigenvalue weighted by Gasteiger charge is -2.38. The maximum Gasteiger partial charge on any atom is 0.260 e. The van der Waals surface area contributed by atoms with Crippen molar-refractivity contribution < 1.29 is 23.9 Å². The number of nitrogens with one attached hydrogen (secondary N) is 2. The summed E-state index contributed by atoms with van der Waals surface area (Å²) in [4.78, 5) is 38.4. The van der Waals surface area contributed by atoms with Gasteiger partial charge in [-0.25, -0.2) is 0 Å². The minimum Gasteiger partial charge on any atom is -0.494 e. The van der Waals surface area contributed by atoms with E-state index >= 15 is 0 Å². The van der Waals surface area contributed by atoms with Gasteiger partial charge in [-0.05, 0) is 69.5 Å². The van der Waals surface area contributed by atoms with Crippen LogP contribution in [0.4, 0.5) is 11.4 Å². The van der Waals surface area contributed by atoms with E-state index in [9.17, 15) is 14.4 Å². The van der Waals surface area contributed by atoms with Crippen LogP contribution in [0.3, 0.4) is 0 Å². The number of methoxy groups -OCH3 is 1. The molecule has 2 unspecified atom stereocenters. The Morgan fingerprint density at radius 1 is 1.00 bits per heavy atom. The molecule has 3 rings (SSSR count). The number of ether oxygens (including phenoxy) is 2. The Labute approximate surface area is 194 Å². The van der Waals surface area contributed by atoms with Gasteiger partial charge in [0.15, 0.2) is 6.61 Å². The van der Waals surface area contributed by atoms with Crippen molar-refractivity contribution in [2.24, 2.45) is 0 Å². The van der Waals surface area contributed by atoms with Gasteiger partial charge in [-0.1, -0.05) is 0 Å². The number of benzene rings is 2. The molecule has 1 heterocycles. The van der Waals surface area contributed by atoms with Crippen LogP contribution < -0.4 is 20.1 Å². The summed E-state index contributed by atoms with van der Waals surface area (Å²) in [6.45, 7) is 5.53. The number of likely N-dealkylation sites (tertiary alicyclic amines) is 1. The van der Waals surface area contributed by atoms with E-state index in [4.69, 9.17) is 9.47 Å². The molecule has 8 nitrogen and oxygen atoms in total. The summed E-state index contributed by atoms with van der Waals surface area (Å²) < 4.78 is 11.0. The molecule has 1 aliphatic heterocycles. The highest BCUT2D eigenvalue weighted by Gasteiger charge is 2.29. The lowest BCUT2D eigenvalue weighted by molar-refractivity contribution is -0.139. The summed E-state index contributed by atoms with van der Waals surface area (Å²) in [5.41, 5.74) is 1.49. The fourth-order valence-electron chi connectivity index (χ4n) is 4.10. The Balaban J connectivity index is 1.58. The third-order valence-electron chi connectivity index (χ3n) is 5.73. The number of carbonyl (C=O) groups excluding carboxylic acids is 3. The van der Waals surface area contributed by atoms with E-state index < -0.39 is 0 Å². The highest BCUT2D eigenvalue weighted by molar-refractivity contribution is 6.04. The van der Waals surface area contributed by atoms with Crippen LogP contribution in [0, 0.1) is 0 Å². The molecule has 2 atom stereocenters. The second-order valence-corrected chi connectivity index (χ2v) is 8.29. The summed E-state index contributed by atoms with van der Waals surface area (Å²) in [7, 11) is 1.49. The first-order valence-corrected chi connectivity index (χ1v) is 11.1. The Morgan fingerprint density at radius 2 is 1.67 bits per heavy atom. The molecule has 0 aromatic heterocycles. The predicted octanol–water partition coefficient (Wildman–Crippen LogP) is 4.07. The number of carbonyl (C=O) groups is 3. The quantitative estimate of drug-likeness (QED) is 0.659. The standard InChI is InChI=1S/C25H31N3O5/c1-16-6-5-7-17(2)28(16)24(30)15-33-21-11-8-19(9-12-21)25(31)27-20-10-13-22(26-18(3)29)23(14-20)32-4/h8-14,16-17H,5-7,15H2,1-4H3,(H,26,29)(H,27,31). The molecular weight excluding hydrogens is 422 g/mol. The predicted molar refractivity (Wildman–Crippen MR) is 127 cm³/mol. The van der Waals surface area contributed by atoms with Crippen LogP contribution in [0.5, 0.6) is 11.5 Å². The minimum atomic E-state index is -0.303. The molecule has 33 heavy (non-hydrogen) atoms. The average Bonchev–Trinajstić information content (AvgIpc) is 2.78. The van der Waals surface area contributed by atoms with Gasteiger partial charge in [0, 0.05) is 36.3 Å². The van der Waals surface area contributed by atoms with Gasteiger partial charge in [-0.15, -0.1) is 0 Å². The summed E-state index contributed by atoms with van der Waals surface area (Å²) in [6, 6.07) is 12.1. The number of piperidine rings is 1. The third kappa shape index (κ3) is 6.25. The largest absolute Gasteiger partial charge is 0.494 e. The number of rotatable bonds is 7. The van der Waals surface area contributed by atoms with E-state index in [1.165, 1.54) is 14.0 Å². The zero-order valence-electron chi connectivity index (χ0n) is 19.5. The van der Waals surface area contributed by atoms with Crippen molar-refractivity contribution in [2.75, 3.05) is 24.4 Å². The molecule has 0 aliphatic carbocycles. The SMILES string of the molecule is COc1cc(NC(=O)c2ccc(OCC(=O)N3C(C)CCCC3C)cc2)ccc1NC(C)=O. The molecule has 0 spiro atoms. The van der Waals surface area contributed by atoms with Crippen LogP contribution in [-0.4, -0.2) is 48.4 Å². The molecule has 0 saturated carbocycles. The van der Waals surface area contributed by atoms with Crippen LogP contribution in [-0.2, 0) is 9.59 Å². The first-order chi connectivity index (χ1) is 15.8. The maximum absolute atomic E-state index is 12.6. The van der Waals surface area contributed by atoms with Crippen molar-refractivity contribution in [2.45, 2.75) is 52.1 Å². The van der Waals surface area contributed by atoms with E-state index in [1.54, 1.807) is 42.5 Å². The van der Waals surface area contributed by atoms with Crippen molar-refractivity contribution in [1.29, 1.82) is 0 Å². The monoisotopic (exact) mass is 453 g/mol. The lowest BCUT2D eigenvalue weighted by Crippen LogP contribution is -2.49.